The summed E-state index contributed by atoms with van der Waals surface area (Å²) < 4.78 is 8.99. The van der Waals surface area contributed by atoms with E-state index in [-0.39, 0.29) is 24.9 Å². The largest absolute Gasteiger partial charge is 0.495 e. The molecule has 0 bridgehead atoms. The minimum absolute atomic E-state index is 0.0539. The number of aromatic nitrogens is 3. The van der Waals surface area contributed by atoms with Crippen LogP contribution in [0.1, 0.15) is 34.2 Å². The zero-order valence-electron chi connectivity index (χ0n) is 18.6. The van der Waals surface area contributed by atoms with Gasteiger partial charge in [0.15, 0.2) is 10.6 Å². The Morgan fingerprint density at radius 1 is 1.16 bits per heavy atom. The van der Waals surface area contributed by atoms with E-state index in [1.54, 1.807) is 23.8 Å². The fraction of sp³-hybridized carbons (Fsp3) is 0.304. The summed E-state index contributed by atoms with van der Waals surface area (Å²) >= 11 is 5.50. The summed E-state index contributed by atoms with van der Waals surface area (Å²) in [5, 5.41) is 10.2. The van der Waals surface area contributed by atoms with Crippen LogP contribution in [-0.4, -0.2) is 33.3 Å². The number of nitrogens with one attached hydrogen (secondary N) is 2. The molecule has 0 fully saturated rings. The lowest BCUT2D eigenvalue weighted by Crippen LogP contribution is -2.25. The molecular weight excluding hydrogens is 426 g/mol. The van der Waals surface area contributed by atoms with Gasteiger partial charge in [-0.1, -0.05) is 24.3 Å². The maximum atomic E-state index is 12.7. The molecule has 0 radical (unpaired) electrons. The molecule has 32 heavy (non-hydrogen) atoms. The van der Waals surface area contributed by atoms with E-state index in [4.69, 9.17) is 17.0 Å². The summed E-state index contributed by atoms with van der Waals surface area (Å²) in [6, 6.07) is 12.9. The molecule has 2 N–H and O–H groups in total. The van der Waals surface area contributed by atoms with Crippen molar-refractivity contribution in [2.75, 3.05) is 12.4 Å². The molecule has 3 rings (SSSR count). The lowest BCUT2D eigenvalue weighted by Gasteiger charge is -2.11. The summed E-state index contributed by atoms with van der Waals surface area (Å²) in [7, 11) is 1.55. The first-order valence-electron chi connectivity index (χ1n) is 10.3. The first-order chi connectivity index (χ1) is 15.3. The number of anilines is 1. The SMILES string of the molecule is CCn1c(CNC(=O)c2ccccc2C)nn(CC(=O)Nc2cc(C)ccc2OC)c1=S. The van der Waals surface area contributed by atoms with E-state index in [9.17, 15) is 9.59 Å². The number of amides is 2. The second-order valence-corrected chi connectivity index (χ2v) is 7.72. The standard InChI is InChI=1S/C23H27N5O3S/c1-5-27-20(13-24-22(30)17-9-7-6-8-16(17)3)26-28(23(27)32)14-21(29)25-18-12-15(2)10-11-19(18)31-4/h6-12H,5,13-14H2,1-4H3,(H,24,30)(H,25,29). The highest BCUT2D eigenvalue weighted by Gasteiger charge is 2.15. The number of carbonyl (C=O) groups is 2. The first-order valence-corrected chi connectivity index (χ1v) is 10.7. The van der Waals surface area contributed by atoms with Crippen molar-refractivity contribution in [3.8, 4) is 5.75 Å². The molecule has 0 aliphatic heterocycles. The van der Waals surface area contributed by atoms with Gasteiger partial charge in [0.2, 0.25) is 5.91 Å². The molecule has 0 saturated carbocycles. The summed E-state index contributed by atoms with van der Waals surface area (Å²) in [5.74, 6) is 0.698. The average molecular weight is 454 g/mol. The van der Waals surface area contributed by atoms with Gasteiger partial charge < -0.3 is 19.9 Å². The van der Waals surface area contributed by atoms with Crippen molar-refractivity contribution >= 4 is 29.7 Å². The van der Waals surface area contributed by atoms with Crippen LogP contribution in [0.4, 0.5) is 5.69 Å². The summed E-state index contributed by atoms with van der Waals surface area (Å²) in [4.78, 5) is 25.2. The van der Waals surface area contributed by atoms with Crippen molar-refractivity contribution < 1.29 is 14.3 Å². The van der Waals surface area contributed by atoms with Gasteiger partial charge in [-0.3, -0.25) is 9.59 Å². The Labute approximate surface area is 192 Å². The van der Waals surface area contributed by atoms with Crippen LogP contribution in [0.2, 0.25) is 0 Å². The van der Waals surface area contributed by atoms with Crippen LogP contribution in [0.3, 0.4) is 0 Å². The van der Waals surface area contributed by atoms with E-state index < -0.39 is 0 Å². The first kappa shape index (κ1) is 23.2. The molecule has 2 amide bonds. The lowest BCUT2D eigenvalue weighted by atomic mass is 10.1. The second kappa shape index (κ2) is 10.2. The molecule has 0 saturated heterocycles. The van der Waals surface area contributed by atoms with Crippen molar-refractivity contribution in [2.45, 2.75) is 40.4 Å². The highest BCUT2D eigenvalue weighted by Crippen LogP contribution is 2.25. The van der Waals surface area contributed by atoms with E-state index in [0.29, 0.717) is 34.1 Å². The molecule has 3 aromatic rings. The van der Waals surface area contributed by atoms with Crippen LogP contribution < -0.4 is 15.4 Å². The zero-order valence-corrected chi connectivity index (χ0v) is 19.5. The van der Waals surface area contributed by atoms with E-state index in [1.165, 1.54) is 4.68 Å². The molecule has 0 unspecified atom stereocenters. The van der Waals surface area contributed by atoms with Crippen LogP contribution in [0, 0.1) is 18.6 Å². The number of nitrogens with zero attached hydrogens (tertiary/aromatic N) is 3. The summed E-state index contributed by atoms with van der Waals surface area (Å²) in [5.41, 5.74) is 3.09. The molecular formula is C23H27N5O3S. The maximum Gasteiger partial charge on any atom is 0.251 e. The van der Waals surface area contributed by atoms with E-state index in [1.807, 2.05) is 51.1 Å². The van der Waals surface area contributed by atoms with E-state index in [2.05, 4.69) is 15.7 Å². The third-order valence-electron chi connectivity index (χ3n) is 5.03. The van der Waals surface area contributed by atoms with Gasteiger partial charge in [-0.25, -0.2) is 4.68 Å². The van der Waals surface area contributed by atoms with Crippen molar-refractivity contribution in [2.24, 2.45) is 0 Å². The Balaban J connectivity index is 1.73. The second-order valence-electron chi connectivity index (χ2n) is 7.35. The Kier molecular flexibility index (Phi) is 7.42. The molecule has 1 aromatic heterocycles. The molecule has 168 valence electrons. The van der Waals surface area contributed by atoms with E-state index in [0.717, 1.165) is 11.1 Å². The average Bonchev–Trinajstić information content (AvgIpc) is 3.06. The van der Waals surface area contributed by atoms with Crippen LogP contribution in [0.15, 0.2) is 42.5 Å². The molecule has 0 spiro atoms. The van der Waals surface area contributed by atoms with Crippen LogP contribution >= 0.6 is 12.2 Å². The van der Waals surface area contributed by atoms with Gasteiger partial charge in [0, 0.05) is 12.1 Å². The molecule has 1 heterocycles. The Morgan fingerprint density at radius 2 is 1.91 bits per heavy atom. The van der Waals surface area contributed by atoms with Crippen molar-refractivity contribution in [3.63, 3.8) is 0 Å². The third-order valence-corrected chi connectivity index (χ3v) is 5.47. The highest BCUT2D eigenvalue weighted by molar-refractivity contribution is 7.71. The number of hydrogen-bond donors (Lipinski definition) is 2. The smallest absolute Gasteiger partial charge is 0.251 e. The quantitative estimate of drug-likeness (QED) is 0.509. The van der Waals surface area contributed by atoms with Gasteiger partial charge in [0.25, 0.3) is 5.91 Å². The summed E-state index contributed by atoms with van der Waals surface area (Å²) in [6.07, 6.45) is 0. The van der Waals surface area contributed by atoms with Crippen LogP contribution in [0.5, 0.6) is 5.75 Å². The molecule has 2 aromatic carbocycles. The Morgan fingerprint density at radius 3 is 2.59 bits per heavy atom. The van der Waals surface area contributed by atoms with Gasteiger partial charge in [0.05, 0.1) is 19.3 Å². The number of hydrogen-bond acceptors (Lipinski definition) is 5. The van der Waals surface area contributed by atoms with Crippen LogP contribution in [0.25, 0.3) is 0 Å². The highest BCUT2D eigenvalue weighted by atomic mass is 32.1. The minimum Gasteiger partial charge on any atom is -0.495 e. The number of carbonyl (C=O) groups excluding carboxylic acids is 2. The summed E-state index contributed by atoms with van der Waals surface area (Å²) in [6.45, 7) is 6.48. The molecule has 9 heteroatoms. The van der Waals surface area contributed by atoms with E-state index >= 15 is 0 Å². The number of rotatable bonds is 8. The third kappa shape index (κ3) is 5.23. The topological polar surface area (TPSA) is 90.2 Å². The fourth-order valence-electron chi connectivity index (χ4n) is 3.36. The maximum absolute atomic E-state index is 12.7. The zero-order chi connectivity index (χ0) is 23.3. The number of aryl methyl sites for hydroxylation is 2. The van der Waals surface area contributed by atoms with Gasteiger partial charge in [0.1, 0.15) is 12.3 Å². The Bertz CT molecular complexity index is 1200. The number of benzene rings is 2. The molecule has 0 aliphatic carbocycles. The normalized spacial score (nSPS) is 10.6. The minimum atomic E-state index is -0.277. The van der Waals surface area contributed by atoms with Crippen LogP contribution in [-0.2, 0) is 24.4 Å². The lowest BCUT2D eigenvalue weighted by molar-refractivity contribution is -0.117. The number of methoxy groups -OCH3 is 1. The van der Waals surface area contributed by atoms with Gasteiger partial charge in [-0.2, -0.15) is 5.10 Å². The van der Waals surface area contributed by atoms with Crippen molar-refractivity contribution in [3.05, 3.63) is 69.8 Å². The molecule has 0 atom stereocenters. The predicted molar refractivity (Wildman–Crippen MR) is 125 cm³/mol. The predicted octanol–water partition coefficient (Wildman–Crippen LogP) is 3.63. The fourth-order valence-corrected chi connectivity index (χ4v) is 3.70. The monoisotopic (exact) mass is 453 g/mol. The Hall–Kier alpha value is -3.46. The molecule has 0 aliphatic rings. The number of ether oxygens (including phenoxy) is 1. The van der Waals surface area contributed by atoms with Crippen molar-refractivity contribution in [1.29, 1.82) is 0 Å². The van der Waals surface area contributed by atoms with Gasteiger partial charge >= 0.3 is 0 Å². The molecule has 8 nitrogen and oxygen atoms in total. The van der Waals surface area contributed by atoms with Gasteiger partial charge in [-0.05, 0) is 62.3 Å². The van der Waals surface area contributed by atoms with Crippen molar-refractivity contribution in [1.82, 2.24) is 19.7 Å². The van der Waals surface area contributed by atoms with Gasteiger partial charge in [-0.15, -0.1) is 0 Å².